The van der Waals surface area contributed by atoms with Gasteiger partial charge < -0.3 is 0 Å². The molecule has 0 amide bonds. The van der Waals surface area contributed by atoms with Gasteiger partial charge in [-0.15, -0.1) is 0 Å². The van der Waals surface area contributed by atoms with Crippen molar-refractivity contribution in [2.24, 2.45) is 17.8 Å². The molecule has 0 saturated heterocycles. The van der Waals surface area contributed by atoms with Gasteiger partial charge in [0.2, 0.25) is 0 Å². The van der Waals surface area contributed by atoms with Gasteiger partial charge in [0.1, 0.15) is 0 Å². The molecule has 0 radical (unpaired) electrons. The summed E-state index contributed by atoms with van der Waals surface area (Å²) in [5.41, 5.74) is 0. The predicted octanol–water partition coefficient (Wildman–Crippen LogP) is 2.92. The average Bonchev–Trinajstić information content (AvgIpc) is 1.79. The first-order chi connectivity index (χ1) is 5.23. The fourth-order valence-corrected chi connectivity index (χ4v) is 5.30. The minimum absolute atomic E-state index is 0.650. The van der Waals surface area contributed by atoms with E-state index in [1.54, 1.807) is 19.3 Å². The summed E-state index contributed by atoms with van der Waals surface area (Å²) in [7, 11) is 0. The Bertz CT molecular complexity index is 150. The molecule has 4 aliphatic rings. The van der Waals surface area contributed by atoms with E-state index in [0.29, 0.717) is 3.89 Å². The normalized spacial score (nSPS) is 60.4. The van der Waals surface area contributed by atoms with Crippen molar-refractivity contribution < 1.29 is 19.2 Å². The zero-order valence-electron chi connectivity index (χ0n) is 6.79. The van der Waals surface area contributed by atoms with Crippen LogP contribution in [0.5, 0.6) is 0 Å². The molecule has 11 heavy (non-hydrogen) atoms. The van der Waals surface area contributed by atoms with Gasteiger partial charge in [-0.25, -0.2) is 0 Å². The minimum atomic E-state index is 0.650. The summed E-state index contributed by atoms with van der Waals surface area (Å²) in [6.45, 7) is 0. The van der Waals surface area contributed by atoms with Crippen LogP contribution >= 0.6 is 0 Å². The summed E-state index contributed by atoms with van der Waals surface area (Å²) in [5, 5.41) is 0. The van der Waals surface area contributed by atoms with Gasteiger partial charge in [0, 0.05) is 0 Å². The van der Waals surface area contributed by atoms with Gasteiger partial charge in [-0.1, -0.05) is 0 Å². The Labute approximate surface area is 79.5 Å². The van der Waals surface area contributed by atoms with E-state index in [0.717, 1.165) is 17.8 Å². The molecule has 0 aromatic rings. The van der Waals surface area contributed by atoms with Crippen LogP contribution < -0.4 is 0 Å². The second-order valence-corrected chi connectivity index (χ2v) is 6.65. The Morgan fingerprint density at radius 1 is 0.818 bits per heavy atom. The summed E-state index contributed by atoms with van der Waals surface area (Å²) in [6, 6.07) is 0. The van der Waals surface area contributed by atoms with Gasteiger partial charge in [-0.2, -0.15) is 0 Å². The monoisotopic (exact) mass is 241 g/mol. The number of rotatable bonds is 0. The molecule has 0 aromatic carbocycles. The molecule has 0 aromatic heterocycles. The van der Waals surface area contributed by atoms with Gasteiger partial charge in [-0.05, 0) is 0 Å². The zero-order chi connectivity index (χ0) is 7.47. The fraction of sp³-hybridized carbons (Fsp3) is 1.00. The van der Waals surface area contributed by atoms with Crippen LogP contribution in [0, 0.1) is 17.8 Å². The number of hydrogen-bond acceptors (Lipinski definition) is 0. The first kappa shape index (κ1) is 7.10. The summed E-state index contributed by atoms with van der Waals surface area (Å²) < 4.78 is 0.650. The van der Waals surface area contributed by atoms with Crippen LogP contribution in [0.15, 0.2) is 0 Å². The maximum absolute atomic E-state index is 3.67. The molecule has 4 aliphatic carbocycles. The molecule has 0 unspecified atom stereocenters. The molecule has 4 fully saturated rings. The zero-order valence-corrected chi connectivity index (χ0v) is 8.35. The van der Waals surface area contributed by atoms with Crippen LogP contribution in [-0.4, -0.2) is 0 Å². The van der Waals surface area contributed by atoms with E-state index < -0.39 is 0 Å². The molecule has 4 rings (SSSR count). The second kappa shape index (κ2) is 2.12. The molecular weight excluding hydrogens is 227 g/mol. The first-order valence-electron chi connectivity index (χ1n) is 4.89. The third-order valence-corrected chi connectivity index (χ3v) is 4.88. The quantitative estimate of drug-likeness (QED) is 0.572. The molecular formula is C10H15Pd+. The van der Waals surface area contributed by atoms with E-state index >= 15 is 0 Å². The Kier molecular flexibility index (Phi) is 1.37. The van der Waals surface area contributed by atoms with Crippen LogP contribution in [0.3, 0.4) is 0 Å². The van der Waals surface area contributed by atoms with Crippen molar-refractivity contribution in [3.05, 3.63) is 0 Å². The molecule has 4 saturated carbocycles. The standard InChI is InChI=1S/C10H15.Pd/c1-7-2-9-4-8(1)5-10(3-7)6-9;/h7-9H,1-6H2;/q;+1. The fourth-order valence-electron chi connectivity index (χ4n) is 3.95. The third-order valence-electron chi connectivity index (χ3n) is 3.93. The van der Waals surface area contributed by atoms with Gasteiger partial charge in [0.15, 0.2) is 0 Å². The van der Waals surface area contributed by atoms with Gasteiger partial charge in [-0.3, -0.25) is 0 Å². The second-order valence-electron chi connectivity index (χ2n) is 5.00. The molecule has 0 atom stereocenters. The van der Waals surface area contributed by atoms with Crippen molar-refractivity contribution >= 4 is 0 Å². The summed E-state index contributed by atoms with van der Waals surface area (Å²) >= 11 is 3.67. The van der Waals surface area contributed by atoms with Crippen molar-refractivity contribution in [2.75, 3.05) is 0 Å². The van der Waals surface area contributed by atoms with Crippen LogP contribution in [-0.2, 0) is 19.2 Å². The van der Waals surface area contributed by atoms with Crippen LogP contribution in [0.4, 0.5) is 0 Å². The Morgan fingerprint density at radius 2 is 1.18 bits per heavy atom. The Balaban J connectivity index is 1.94. The summed E-state index contributed by atoms with van der Waals surface area (Å²) in [5.74, 6) is 3.32. The molecule has 1 heteroatoms. The van der Waals surface area contributed by atoms with Crippen molar-refractivity contribution in [2.45, 2.75) is 42.4 Å². The predicted molar refractivity (Wildman–Crippen MR) is 40.9 cm³/mol. The molecule has 0 N–H and O–H groups in total. The molecule has 0 heterocycles. The van der Waals surface area contributed by atoms with E-state index in [4.69, 9.17) is 0 Å². The molecule has 4 bridgehead atoms. The van der Waals surface area contributed by atoms with Crippen molar-refractivity contribution in [1.29, 1.82) is 0 Å². The van der Waals surface area contributed by atoms with E-state index in [-0.39, 0.29) is 0 Å². The van der Waals surface area contributed by atoms with Crippen LogP contribution in [0.1, 0.15) is 38.5 Å². The maximum atomic E-state index is 3.67. The number of hydrogen-bond donors (Lipinski definition) is 0. The van der Waals surface area contributed by atoms with E-state index in [1.165, 1.54) is 19.3 Å². The third kappa shape index (κ3) is 1.05. The summed E-state index contributed by atoms with van der Waals surface area (Å²) in [4.78, 5) is 0. The van der Waals surface area contributed by atoms with Gasteiger partial charge in [0.25, 0.3) is 0 Å². The topological polar surface area (TPSA) is 0 Å². The van der Waals surface area contributed by atoms with Crippen LogP contribution in [0.2, 0.25) is 3.89 Å². The Morgan fingerprint density at radius 3 is 1.45 bits per heavy atom. The van der Waals surface area contributed by atoms with E-state index in [9.17, 15) is 0 Å². The van der Waals surface area contributed by atoms with E-state index in [2.05, 4.69) is 19.2 Å². The van der Waals surface area contributed by atoms with Crippen LogP contribution in [0.25, 0.3) is 0 Å². The molecule has 0 nitrogen and oxygen atoms in total. The van der Waals surface area contributed by atoms with Gasteiger partial charge in [0.05, 0.1) is 0 Å². The van der Waals surface area contributed by atoms with E-state index in [1.807, 2.05) is 0 Å². The SMILES string of the molecule is [Pd+][C]12CC3CC(CC(C3)C1)C2. The molecule has 0 spiro atoms. The van der Waals surface area contributed by atoms with Crippen molar-refractivity contribution in [3.63, 3.8) is 0 Å². The van der Waals surface area contributed by atoms with Crippen molar-refractivity contribution in [1.82, 2.24) is 0 Å². The first-order valence-corrected chi connectivity index (χ1v) is 5.67. The molecule has 0 aliphatic heterocycles. The van der Waals surface area contributed by atoms with Crippen molar-refractivity contribution in [3.8, 4) is 0 Å². The average molecular weight is 242 g/mol. The summed E-state index contributed by atoms with van der Waals surface area (Å²) in [6.07, 6.45) is 9.20. The van der Waals surface area contributed by atoms with Gasteiger partial charge >= 0.3 is 79.4 Å². The Hall–Kier alpha value is 0.662. The molecule has 64 valence electrons.